The van der Waals surface area contributed by atoms with Crippen molar-refractivity contribution in [1.82, 2.24) is 0 Å². The van der Waals surface area contributed by atoms with E-state index < -0.39 is 0 Å². The minimum Gasteiger partial charge on any atom is -0.490 e. The predicted molar refractivity (Wildman–Crippen MR) is 53.6 cm³/mol. The Morgan fingerprint density at radius 2 is 2.50 bits per heavy atom. The van der Waals surface area contributed by atoms with E-state index in [9.17, 15) is 4.79 Å². The number of allylic oxidation sites excluding steroid dienone is 2. The zero-order valence-corrected chi connectivity index (χ0v) is 8.66. The van der Waals surface area contributed by atoms with Gasteiger partial charge in [-0.15, -0.1) is 0 Å². The molecule has 1 atom stereocenters. The standard InChI is InChI=1S/C11H16O3/c1-3-5-9-6-7-10(14-9)8-11(12)13-4-2/h3,5,8-9H,4,6-7H2,1-2H3/b5-3-,10-8+. The second-order valence-electron chi connectivity index (χ2n) is 3.08. The van der Waals surface area contributed by atoms with Gasteiger partial charge in [0.05, 0.1) is 12.7 Å². The summed E-state index contributed by atoms with van der Waals surface area (Å²) >= 11 is 0. The van der Waals surface area contributed by atoms with Crippen molar-refractivity contribution in [3.63, 3.8) is 0 Å². The number of esters is 1. The molecule has 0 saturated carbocycles. The van der Waals surface area contributed by atoms with Crippen LogP contribution in [0.1, 0.15) is 26.7 Å². The molecule has 0 aromatic carbocycles. The van der Waals surface area contributed by atoms with Crippen LogP contribution in [0.5, 0.6) is 0 Å². The molecule has 0 bridgehead atoms. The SMILES string of the molecule is C/C=C\C1CC/C(=C\C(=O)OCC)O1. The van der Waals surface area contributed by atoms with Gasteiger partial charge >= 0.3 is 5.97 Å². The lowest BCUT2D eigenvalue weighted by Gasteiger charge is -2.04. The van der Waals surface area contributed by atoms with Gasteiger partial charge in [-0.3, -0.25) is 0 Å². The maximum absolute atomic E-state index is 11.1. The number of rotatable bonds is 3. The average molecular weight is 196 g/mol. The van der Waals surface area contributed by atoms with Crippen molar-refractivity contribution in [1.29, 1.82) is 0 Å². The molecule has 1 saturated heterocycles. The van der Waals surface area contributed by atoms with Crippen molar-refractivity contribution in [2.45, 2.75) is 32.8 Å². The molecule has 0 spiro atoms. The van der Waals surface area contributed by atoms with Gasteiger partial charge in [-0.25, -0.2) is 4.79 Å². The van der Waals surface area contributed by atoms with Crippen molar-refractivity contribution < 1.29 is 14.3 Å². The Hall–Kier alpha value is -1.25. The monoisotopic (exact) mass is 196 g/mol. The molecule has 0 aromatic rings. The van der Waals surface area contributed by atoms with Gasteiger partial charge < -0.3 is 9.47 Å². The highest BCUT2D eigenvalue weighted by Gasteiger charge is 2.18. The van der Waals surface area contributed by atoms with Gasteiger partial charge in [0.25, 0.3) is 0 Å². The highest BCUT2D eigenvalue weighted by atomic mass is 16.5. The van der Waals surface area contributed by atoms with Crippen LogP contribution in [0, 0.1) is 0 Å². The number of ether oxygens (including phenoxy) is 2. The number of carbonyl (C=O) groups is 1. The Kier molecular flexibility index (Phi) is 4.23. The van der Waals surface area contributed by atoms with Crippen LogP contribution < -0.4 is 0 Å². The van der Waals surface area contributed by atoms with E-state index in [0.717, 1.165) is 18.6 Å². The minimum absolute atomic E-state index is 0.126. The molecule has 1 rings (SSSR count). The first-order chi connectivity index (χ1) is 6.76. The third-order valence-corrected chi connectivity index (χ3v) is 1.95. The summed E-state index contributed by atoms with van der Waals surface area (Å²) in [6, 6.07) is 0. The van der Waals surface area contributed by atoms with E-state index >= 15 is 0 Å². The zero-order chi connectivity index (χ0) is 10.4. The summed E-state index contributed by atoms with van der Waals surface area (Å²) < 4.78 is 10.3. The molecule has 0 aliphatic carbocycles. The van der Waals surface area contributed by atoms with Crippen LogP contribution in [0.2, 0.25) is 0 Å². The molecular formula is C11H16O3. The van der Waals surface area contributed by atoms with Gasteiger partial charge in [0.2, 0.25) is 0 Å². The van der Waals surface area contributed by atoms with Crippen molar-refractivity contribution >= 4 is 5.97 Å². The molecule has 3 nitrogen and oxygen atoms in total. The molecular weight excluding hydrogens is 180 g/mol. The van der Waals surface area contributed by atoms with E-state index in [1.165, 1.54) is 6.08 Å². The van der Waals surface area contributed by atoms with Crippen molar-refractivity contribution in [2.75, 3.05) is 6.61 Å². The van der Waals surface area contributed by atoms with Crippen LogP contribution in [0.25, 0.3) is 0 Å². The molecule has 1 heterocycles. The summed E-state index contributed by atoms with van der Waals surface area (Å²) in [7, 11) is 0. The molecule has 0 aromatic heterocycles. The molecule has 1 aliphatic heterocycles. The Labute approximate surface area is 84.4 Å². The van der Waals surface area contributed by atoms with Gasteiger partial charge in [0.1, 0.15) is 11.9 Å². The van der Waals surface area contributed by atoms with E-state index in [2.05, 4.69) is 0 Å². The zero-order valence-electron chi connectivity index (χ0n) is 8.66. The van der Waals surface area contributed by atoms with Crippen LogP contribution in [0.4, 0.5) is 0 Å². The molecule has 0 radical (unpaired) electrons. The van der Waals surface area contributed by atoms with E-state index in [1.54, 1.807) is 6.92 Å². The van der Waals surface area contributed by atoms with E-state index in [4.69, 9.17) is 9.47 Å². The molecule has 78 valence electrons. The van der Waals surface area contributed by atoms with E-state index in [-0.39, 0.29) is 12.1 Å². The fourth-order valence-electron chi connectivity index (χ4n) is 1.37. The van der Waals surface area contributed by atoms with E-state index in [1.807, 2.05) is 19.1 Å². The summed E-state index contributed by atoms with van der Waals surface area (Å²) in [5.74, 6) is 0.412. The summed E-state index contributed by atoms with van der Waals surface area (Å²) in [6.07, 6.45) is 7.26. The minimum atomic E-state index is -0.316. The van der Waals surface area contributed by atoms with E-state index in [0.29, 0.717) is 6.61 Å². The topological polar surface area (TPSA) is 35.5 Å². The lowest BCUT2D eigenvalue weighted by Crippen LogP contribution is -2.02. The number of hydrogen-bond acceptors (Lipinski definition) is 3. The predicted octanol–water partition coefficient (Wildman–Crippen LogP) is 2.19. The first-order valence-electron chi connectivity index (χ1n) is 4.93. The first-order valence-corrected chi connectivity index (χ1v) is 4.93. The Morgan fingerprint density at radius 1 is 1.71 bits per heavy atom. The van der Waals surface area contributed by atoms with Crippen LogP contribution in [0.3, 0.4) is 0 Å². The molecule has 0 amide bonds. The van der Waals surface area contributed by atoms with Gasteiger partial charge in [-0.05, 0) is 26.3 Å². The Balaban J connectivity index is 2.44. The van der Waals surface area contributed by atoms with Crippen LogP contribution in [0.15, 0.2) is 24.0 Å². The third kappa shape index (κ3) is 3.24. The maximum Gasteiger partial charge on any atom is 0.334 e. The first kappa shape index (κ1) is 10.8. The molecule has 1 fully saturated rings. The lowest BCUT2D eigenvalue weighted by molar-refractivity contribution is -0.137. The smallest absolute Gasteiger partial charge is 0.334 e. The second-order valence-corrected chi connectivity index (χ2v) is 3.08. The fourth-order valence-corrected chi connectivity index (χ4v) is 1.37. The fraction of sp³-hybridized carbons (Fsp3) is 0.545. The molecule has 0 N–H and O–H groups in total. The average Bonchev–Trinajstić information content (AvgIpc) is 2.53. The molecule has 1 aliphatic rings. The van der Waals surface area contributed by atoms with Crippen molar-refractivity contribution in [2.24, 2.45) is 0 Å². The second kappa shape index (κ2) is 5.47. The van der Waals surface area contributed by atoms with Crippen LogP contribution >= 0.6 is 0 Å². The summed E-state index contributed by atoms with van der Waals surface area (Å²) in [4.78, 5) is 11.1. The molecule has 14 heavy (non-hydrogen) atoms. The summed E-state index contributed by atoms with van der Waals surface area (Å²) in [6.45, 7) is 4.14. The van der Waals surface area contributed by atoms with Gasteiger partial charge in [-0.2, -0.15) is 0 Å². The van der Waals surface area contributed by atoms with Crippen LogP contribution in [-0.2, 0) is 14.3 Å². The highest BCUT2D eigenvalue weighted by Crippen LogP contribution is 2.23. The van der Waals surface area contributed by atoms with Gasteiger partial charge in [0.15, 0.2) is 0 Å². The quantitative estimate of drug-likeness (QED) is 0.394. The van der Waals surface area contributed by atoms with Crippen molar-refractivity contribution in [3.05, 3.63) is 24.0 Å². The normalized spacial score (nSPS) is 24.1. The Morgan fingerprint density at radius 3 is 3.14 bits per heavy atom. The largest absolute Gasteiger partial charge is 0.490 e. The molecule has 3 heteroatoms. The number of carbonyl (C=O) groups excluding carboxylic acids is 1. The van der Waals surface area contributed by atoms with Crippen LogP contribution in [-0.4, -0.2) is 18.7 Å². The summed E-state index contributed by atoms with van der Waals surface area (Å²) in [5, 5.41) is 0. The number of hydrogen-bond donors (Lipinski definition) is 0. The van der Waals surface area contributed by atoms with Crippen molar-refractivity contribution in [3.8, 4) is 0 Å². The maximum atomic E-state index is 11.1. The lowest BCUT2D eigenvalue weighted by atomic mass is 10.2. The summed E-state index contributed by atoms with van der Waals surface area (Å²) in [5.41, 5.74) is 0. The Bertz CT molecular complexity index is 253. The highest BCUT2D eigenvalue weighted by molar-refractivity contribution is 5.82. The molecule has 1 unspecified atom stereocenters. The van der Waals surface area contributed by atoms with Gasteiger partial charge in [0, 0.05) is 6.42 Å². The van der Waals surface area contributed by atoms with Gasteiger partial charge in [-0.1, -0.05) is 6.08 Å². The third-order valence-electron chi connectivity index (χ3n) is 1.95.